The summed E-state index contributed by atoms with van der Waals surface area (Å²) in [6.07, 6.45) is 1.66. The smallest absolute Gasteiger partial charge is 0.299 e. The van der Waals surface area contributed by atoms with Crippen LogP contribution in [-0.2, 0) is 0 Å². The Kier molecular flexibility index (Phi) is 3.12. The number of amides is 2. The topological polar surface area (TPSA) is 82.4 Å². The molecule has 0 aromatic heterocycles. The lowest BCUT2D eigenvalue weighted by Gasteiger charge is -2.27. The highest BCUT2D eigenvalue weighted by molar-refractivity contribution is 5.75. The zero-order valence-electron chi connectivity index (χ0n) is 8.91. The van der Waals surface area contributed by atoms with Crippen LogP contribution in [0.3, 0.4) is 0 Å². The van der Waals surface area contributed by atoms with Crippen molar-refractivity contribution in [2.45, 2.75) is 38.0 Å². The van der Waals surface area contributed by atoms with Gasteiger partial charge in [-0.25, -0.2) is 4.79 Å². The van der Waals surface area contributed by atoms with Crippen molar-refractivity contribution in [1.29, 1.82) is 0 Å². The van der Waals surface area contributed by atoms with Crippen LogP contribution in [0.1, 0.15) is 25.7 Å². The maximum Gasteiger partial charge on any atom is 0.323 e. The van der Waals surface area contributed by atoms with Gasteiger partial charge in [0.25, 0.3) is 0 Å². The number of nitroso groups, excluding NO2 is 2. The lowest BCUT2D eigenvalue weighted by molar-refractivity contribution is 0.145. The van der Waals surface area contributed by atoms with Gasteiger partial charge < -0.3 is 0 Å². The van der Waals surface area contributed by atoms with Crippen molar-refractivity contribution in [1.82, 2.24) is 9.80 Å². The van der Waals surface area contributed by atoms with E-state index in [9.17, 15) is 14.6 Å². The van der Waals surface area contributed by atoms with Gasteiger partial charge in [0.05, 0.1) is 0 Å². The van der Waals surface area contributed by atoms with Crippen molar-refractivity contribution in [3.05, 3.63) is 9.81 Å². The summed E-state index contributed by atoms with van der Waals surface area (Å²) in [5, 5.41) is 5.86. The van der Waals surface area contributed by atoms with Gasteiger partial charge in [-0.05, 0) is 36.0 Å². The van der Waals surface area contributed by atoms with Gasteiger partial charge in [-0.1, -0.05) is 0 Å². The molecule has 2 rings (SSSR count). The minimum atomic E-state index is -0.569. The molecule has 16 heavy (non-hydrogen) atoms. The molecule has 7 heteroatoms. The zero-order valence-corrected chi connectivity index (χ0v) is 8.91. The number of hydrogen-bond donors (Lipinski definition) is 0. The maximum atomic E-state index is 12.0. The van der Waals surface area contributed by atoms with Crippen LogP contribution in [0.4, 0.5) is 4.79 Å². The molecule has 0 saturated carbocycles. The Balaban J connectivity index is 2.06. The Morgan fingerprint density at radius 1 is 0.938 bits per heavy atom. The molecule has 2 saturated heterocycles. The Morgan fingerprint density at radius 2 is 1.38 bits per heavy atom. The fourth-order valence-corrected chi connectivity index (χ4v) is 2.33. The predicted molar refractivity (Wildman–Crippen MR) is 56.4 cm³/mol. The molecule has 88 valence electrons. The largest absolute Gasteiger partial charge is 0.323 e. The van der Waals surface area contributed by atoms with E-state index in [-0.39, 0.29) is 6.03 Å². The second-order valence-corrected chi connectivity index (χ2v) is 4.13. The Bertz CT molecular complexity index is 281. The molecule has 2 aliphatic heterocycles. The third-order valence-electron chi connectivity index (χ3n) is 3.18. The van der Waals surface area contributed by atoms with E-state index in [4.69, 9.17) is 0 Å². The third kappa shape index (κ3) is 1.77. The van der Waals surface area contributed by atoms with Crippen LogP contribution in [0.2, 0.25) is 0 Å². The molecule has 0 radical (unpaired) electrons. The molecule has 2 heterocycles. The van der Waals surface area contributed by atoms with E-state index in [1.54, 1.807) is 0 Å². The third-order valence-corrected chi connectivity index (χ3v) is 3.18. The first-order valence-corrected chi connectivity index (χ1v) is 5.50. The molecule has 7 nitrogen and oxygen atoms in total. The van der Waals surface area contributed by atoms with Gasteiger partial charge in [-0.2, -0.15) is 0 Å². The maximum absolute atomic E-state index is 12.0. The average molecular weight is 226 g/mol. The van der Waals surface area contributed by atoms with Crippen molar-refractivity contribution >= 4 is 6.03 Å². The van der Waals surface area contributed by atoms with E-state index < -0.39 is 12.3 Å². The summed E-state index contributed by atoms with van der Waals surface area (Å²) in [5.41, 5.74) is 0. The Morgan fingerprint density at radius 3 is 1.75 bits per heavy atom. The van der Waals surface area contributed by atoms with Crippen LogP contribution in [-0.4, -0.2) is 41.3 Å². The first kappa shape index (κ1) is 11.0. The second-order valence-electron chi connectivity index (χ2n) is 4.13. The first-order valence-electron chi connectivity index (χ1n) is 5.50. The van der Waals surface area contributed by atoms with E-state index in [1.807, 2.05) is 0 Å². The van der Waals surface area contributed by atoms with Gasteiger partial charge in [0.15, 0.2) is 12.3 Å². The highest BCUT2D eigenvalue weighted by Gasteiger charge is 2.37. The molecule has 0 aromatic rings. The van der Waals surface area contributed by atoms with Crippen molar-refractivity contribution in [2.24, 2.45) is 10.4 Å². The number of urea groups is 1. The Labute approximate surface area is 92.7 Å². The summed E-state index contributed by atoms with van der Waals surface area (Å²) in [7, 11) is 0. The summed E-state index contributed by atoms with van der Waals surface area (Å²) in [5.74, 6) is 0. The standard InChI is InChI=1S/C9H14N4O3/c14-9(12-5-1-3-7(12)10-15)13-6-2-4-8(13)11-16/h7-8H,1-6H2/t7-,8-/m0/s1. The van der Waals surface area contributed by atoms with Crippen molar-refractivity contribution in [3.8, 4) is 0 Å². The summed E-state index contributed by atoms with van der Waals surface area (Å²) in [6.45, 7) is 1.08. The first-order chi connectivity index (χ1) is 7.77. The number of rotatable bonds is 2. The Hall–Kier alpha value is -1.53. The van der Waals surface area contributed by atoms with Crippen molar-refractivity contribution < 1.29 is 4.79 Å². The predicted octanol–water partition coefficient (Wildman–Crippen LogP) is 1.48. The number of hydrogen-bond acceptors (Lipinski definition) is 5. The van der Waals surface area contributed by atoms with Gasteiger partial charge in [0.1, 0.15) is 0 Å². The quantitative estimate of drug-likeness (QED) is 0.668. The van der Waals surface area contributed by atoms with Crippen LogP contribution in [0.25, 0.3) is 0 Å². The summed E-state index contributed by atoms with van der Waals surface area (Å²) in [4.78, 5) is 36.0. The summed E-state index contributed by atoms with van der Waals surface area (Å²) < 4.78 is 0. The van der Waals surface area contributed by atoms with Crippen molar-refractivity contribution in [2.75, 3.05) is 13.1 Å². The van der Waals surface area contributed by atoms with Gasteiger partial charge in [0, 0.05) is 13.1 Å². The van der Waals surface area contributed by atoms with Gasteiger partial charge >= 0.3 is 6.03 Å². The van der Waals surface area contributed by atoms with E-state index in [2.05, 4.69) is 10.4 Å². The lowest BCUT2D eigenvalue weighted by Crippen LogP contribution is -2.46. The number of nitrogens with zero attached hydrogens (tertiary/aromatic N) is 4. The van der Waals surface area contributed by atoms with Gasteiger partial charge in [-0.3, -0.25) is 9.80 Å². The van der Waals surface area contributed by atoms with E-state index >= 15 is 0 Å². The molecule has 2 aliphatic rings. The molecule has 0 unspecified atom stereocenters. The number of likely N-dealkylation sites (tertiary alicyclic amines) is 2. The van der Waals surface area contributed by atoms with Gasteiger partial charge in [0.2, 0.25) is 0 Å². The number of carbonyl (C=O) groups excluding carboxylic acids is 1. The van der Waals surface area contributed by atoms with Gasteiger partial charge in [-0.15, -0.1) is 9.81 Å². The molecule has 0 aliphatic carbocycles. The molecule has 2 atom stereocenters. The van der Waals surface area contributed by atoms with Crippen LogP contribution >= 0.6 is 0 Å². The normalized spacial score (nSPS) is 29.5. The highest BCUT2D eigenvalue weighted by Crippen LogP contribution is 2.25. The molecular weight excluding hydrogens is 212 g/mol. The monoisotopic (exact) mass is 226 g/mol. The van der Waals surface area contributed by atoms with E-state index in [1.165, 1.54) is 9.80 Å². The second kappa shape index (κ2) is 4.54. The molecule has 0 aromatic carbocycles. The van der Waals surface area contributed by atoms with Crippen LogP contribution in [0, 0.1) is 9.81 Å². The molecule has 2 amide bonds. The fraction of sp³-hybridized carbons (Fsp3) is 0.889. The summed E-state index contributed by atoms with van der Waals surface area (Å²) >= 11 is 0. The average Bonchev–Trinajstić information content (AvgIpc) is 2.96. The molecule has 0 spiro atoms. The van der Waals surface area contributed by atoms with Crippen molar-refractivity contribution in [3.63, 3.8) is 0 Å². The molecular formula is C9H14N4O3. The minimum Gasteiger partial charge on any atom is -0.299 e. The number of carbonyl (C=O) groups is 1. The zero-order chi connectivity index (χ0) is 11.5. The molecule has 0 N–H and O–H groups in total. The molecule has 0 bridgehead atoms. The van der Waals surface area contributed by atoms with E-state index in [0.29, 0.717) is 25.9 Å². The highest BCUT2D eigenvalue weighted by atomic mass is 16.3. The lowest BCUT2D eigenvalue weighted by atomic mass is 10.3. The fourth-order valence-electron chi connectivity index (χ4n) is 2.33. The molecule has 2 fully saturated rings. The van der Waals surface area contributed by atoms with Crippen LogP contribution < -0.4 is 0 Å². The summed E-state index contributed by atoms with van der Waals surface area (Å²) in [6, 6.07) is -0.274. The van der Waals surface area contributed by atoms with Crippen LogP contribution in [0.15, 0.2) is 10.4 Å². The van der Waals surface area contributed by atoms with Crippen LogP contribution in [0.5, 0.6) is 0 Å². The minimum absolute atomic E-state index is 0.274. The SMILES string of the molecule is O=N[C@@H]1CCCN1C(=O)N1CCC[C@H]1N=O. The van der Waals surface area contributed by atoms with E-state index in [0.717, 1.165) is 12.8 Å².